The minimum atomic E-state index is -3.23. The largest absolute Gasteiger partial charge is 0.369 e. The fraction of sp³-hybridized carbons (Fsp3) is 0.310. The van der Waals surface area contributed by atoms with Crippen LogP contribution in [0.3, 0.4) is 0 Å². The van der Waals surface area contributed by atoms with Crippen LogP contribution in [-0.2, 0) is 22.7 Å². The molecule has 0 spiro atoms. The molecular weight excluding hydrogens is 482 g/mol. The average Bonchev–Trinajstić information content (AvgIpc) is 3.32. The fourth-order valence-electron chi connectivity index (χ4n) is 5.54. The molecule has 0 unspecified atom stereocenters. The van der Waals surface area contributed by atoms with E-state index < -0.39 is 9.84 Å². The number of pyridine rings is 2. The smallest absolute Gasteiger partial charge is 0.175 e. The maximum atomic E-state index is 11.8. The molecule has 190 valence electrons. The second-order valence-corrected chi connectivity index (χ2v) is 12.2. The van der Waals surface area contributed by atoms with Crippen LogP contribution >= 0.6 is 0 Å². The Bertz CT molecular complexity index is 1580. The predicted octanol–water partition coefficient (Wildman–Crippen LogP) is 4.86. The summed E-state index contributed by atoms with van der Waals surface area (Å²) in [4.78, 5) is 12.3. The Balaban J connectivity index is 1.37. The van der Waals surface area contributed by atoms with Crippen LogP contribution in [0.1, 0.15) is 30.5 Å². The Morgan fingerprint density at radius 1 is 1.00 bits per heavy atom. The van der Waals surface area contributed by atoms with E-state index >= 15 is 0 Å². The molecule has 0 saturated carbocycles. The number of rotatable bonds is 5. The number of aromatic nitrogens is 2. The van der Waals surface area contributed by atoms with Gasteiger partial charge in [0.1, 0.15) is 5.82 Å². The van der Waals surface area contributed by atoms with Crippen molar-refractivity contribution < 1.29 is 8.42 Å². The van der Waals surface area contributed by atoms with Gasteiger partial charge in [-0.15, -0.1) is 0 Å². The van der Waals surface area contributed by atoms with Gasteiger partial charge in [-0.3, -0.25) is 4.98 Å². The normalized spacial score (nSPS) is 17.7. The van der Waals surface area contributed by atoms with Gasteiger partial charge < -0.3 is 16.0 Å². The molecule has 3 heterocycles. The van der Waals surface area contributed by atoms with Crippen molar-refractivity contribution in [3.63, 3.8) is 0 Å². The number of nitrogens with two attached hydrogens (primary N) is 1. The van der Waals surface area contributed by atoms with Crippen LogP contribution in [0.25, 0.3) is 22.0 Å². The van der Waals surface area contributed by atoms with Gasteiger partial charge in [0, 0.05) is 48.4 Å². The molecule has 1 fully saturated rings. The highest BCUT2D eigenvalue weighted by atomic mass is 32.2. The Labute approximate surface area is 217 Å². The number of hydrogen-bond donors (Lipinski definition) is 2. The Hall–Kier alpha value is -3.49. The molecule has 6 rings (SSSR count). The van der Waals surface area contributed by atoms with Gasteiger partial charge >= 0.3 is 0 Å². The van der Waals surface area contributed by atoms with Crippen molar-refractivity contribution in [1.29, 1.82) is 0 Å². The topological polar surface area (TPSA) is 101 Å². The maximum Gasteiger partial charge on any atom is 0.175 e. The number of nitrogens with one attached hydrogen (secondary N) is 1. The number of nitrogens with zero attached hydrogens (tertiary/aromatic N) is 3. The predicted molar refractivity (Wildman–Crippen MR) is 149 cm³/mol. The van der Waals surface area contributed by atoms with E-state index in [1.54, 1.807) is 30.5 Å². The average molecular weight is 514 g/mol. The highest BCUT2D eigenvalue weighted by molar-refractivity contribution is 7.90. The van der Waals surface area contributed by atoms with Crippen LogP contribution in [0.5, 0.6) is 0 Å². The highest BCUT2D eigenvalue weighted by Crippen LogP contribution is 2.39. The van der Waals surface area contributed by atoms with Crippen LogP contribution in [0.4, 0.5) is 17.2 Å². The molecule has 1 aliphatic carbocycles. The summed E-state index contributed by atoms with van der Waals surface area (Å²) in [5.41, 5.74) is 14.3. The zero-order valence-electron chi connectivity index (χ0n) is 20.9. The van der Waals surface area contributed by atoms with Gasteiger partial charge in [-0.25, -0.2) is 13.4 Å². The van der Waals surface area contributed by atoms with Crippen molar-refractivity contribution in [3.05, 3.63) is 72.1 Å². The SMILES string of the molecule is CS(=O)(=O)c1ccc(Nc2cc(-c3ccc4nc5c(c(N6CC[C@H](N)C6)c4c3)CCCC5)ccn2)cc1. The van der Waals surface area contributed by atoms with Crippen molar-refractivity contribution in [2.45, 2.75) is 43.0 Å². The monoisotopic (exact) mass is 513 g/mol. The molecule has 3 N–H and O–H groups in total. The lowest BCUT2D eigenvalue weighted by molar-refractivity contribution is 0.602. The van der Waals surface area contributed by atoms with Crippen molar-refractivity contribution in [2.75, 3.05) is 29.6 Å². The van der Waals surface area contributed by atoms with Gasteiger partial charge in [-0.05, 0) is 97.3 Å². The van der Waals surface area contributed by atoms with Gasteiger partial charge in [-0.2, -0.15) is 0 Å². The molecule has 2 aliphatic rings. The third kappa shape index (κ3) is 4.79. The molecule has 1 aliphatic heterocycles. The van der Waals surface area contributed by atoms with Gasteiger partial charge in [0.05, 0.1) is 16.1 Å². The summed E-state index contributed by atoms with van der Waals surface area (Å²) >= 11 is 0. The van der Waals surface area contributed by atoms with Crippen molar-refractivity contribution in [2.24, 2.45) is 5.73 Å². The summed E-state index contributed by atoms with van der Waals surface area (Å²) in [5.74, 6) is 0.694. The van der Waals surface area contributed by atoms with E-state index in [0.717, 1.165) is 54.7 Å². The van der Waals surface area contributed by atoms with Crippen LogP contribution in [0.2, 0.25) is 0 Å². The molecule has 37 heavy (non-hydrogen) atoms. The summed E-state index contributed by atoms with van der Waals surface area (Å²) in [6, 6.07) is 17.5. The molecule has 4 aromatic rings. The van der Waals surface area contributed by atoms with Crippen LogP contribution < -0.4 is 16.0 Å². The van der Waals surface area contributed by atoms with Crippen molar-refractivity contribution in [1.82, 2.24) is 9.97 Å². The third-order valence-corrected chi connectivity index (χ3v) is 8.55. The fourth-order valence-corrected chi connectivity index (χ4v) is 6.17. The first-order valence-corrected chi connectivity index (χ1v) is 14.7. The van der Waals surface area contributed by atoms with E-state index in [0.29, 0.717) is 10.7 Å². The number of fused-ring (bicyclic) bond motifs is 2. The molecule has 0 radical (unpaired) electrons. The zero-order valence-corrected chi connectivity index (χ0v) is 21.8. The first-order valence-electron chi connectivity index (χ1n) is 12.8. The van der Waals surface area contributed by atoms with Crippen molar-refractivity contribution in [3.8, 4) is 11.1 Å². The third-order valence-electron chi connectivity index (χ3n) is 7.42. The molecule has 8 heteroatoms. The summed E-state index contributed by atoms with van der Waals surface area (Å²) < 4.78 is 23.5. The maximum absolute atomic E-state index is 11.8. The van der Waals surface area contributed by atoms with E-state index in [1.807, 2.05) is 12.1 Å². The second kappa shape index (κ2) is 9.43. The Morgan fingerprint density at radius 3 is 2.54 bits per heavy atom. The minimum Gasteiger partial charge on any atom is -0.369 e. The summed E-state index contributed by atoms with van der Waals surface area (Å²) in [6.45, 7) is 1.87. The number of benzene rings is 2. The van der Waals surface area contributed by atoms with Crippen LogP contribution in [0.15, 0.2) is 65.7 Å². The minimum absolute atomic E-state index is 0.214. The first kappa shape index (κ1) is 23.9. The molecule has 2 aromatic carbocycles. The summed E-state index contributed by atoms with van der Waals surface area (Å²) in [5, 5.41) is 4.48. The van der Waals surface area contributed by atoms with Crippen molar-refractivity contribution >= 4 is 37.9 Å². The Morgan fingerprint density at radius 2 is 1.78 bits per heavy atom. The van der Waals surface area contributed by atoms with Gasteiger partial charge in [0.25, 0.3) is 0 Å². The quantitative estimate of drug-likeness (QED) is 0.393. The van der Waals surface area contributed by atoms with E-state index in [1.165, 1.54) is 41.4 Å². The van der Waals surface area contributed by atoms with Gasteiger partial charge in [-0.1, -0.05) is 6.07 Å². The van der Waals surface area contributed by atoms with E-state index in [-0.39, 0.29) is 6.04 Å². The Kier molecular flexibility index (Phi) is 6.09. The lowest BCUT2D eigenvalue weighted by Gasteiger charge is -2.28. The lowest BCUT2D eigenvalue weighted by Crippen LogP contribution is -2.28. The number of anilines is 3. The number of aryl methyl sites for hydroxylation is 1. The molecule has 0 amide bonds. The molecule has 1 saturated heterocycles. The highest BCUT2D eigenvalue weighted by Gasteiger charge is 2.27. The van der Waals surface area contributed by atoms with E-state index in [4.69, 9.17) is 10.7 Å². The van der Waals surface area contributed by atoms with Crippen LogP contribution in [0, 0.1) is 0 Å². The molecule has 7 nitrogen and oxygen atoms in total. The second-order valence-electron chi connectivity index (χ2n) is 10.2. The van der Waals surface area contributed by atoms with Gasteiger partial charge in [0.15, 0.2) is 9.84 Å². The first-order chi connectivity index (χ1) is 17.8. The molecule has 2 aromatic heterocycles. The number of hydrogen-bond acceptors (Lipinski definition) is 7. The van der Waals surface area contributed by atoms with E-state index in [9.17, 15) is 8.42 Å². The zero-order chi connectivity index (χ0) is 25.6. The van der Waals surface area contributed by atoms with Crippen LogP contribution in [-0.4, -0.2) is 43.8 Å². The molecule has 0 bridgehead atoms. The lowest BCUT2D eigenvalue weighted by atomic mass is 9.91. The summed E-state index contributed by atoms with van der Waals surface area (Å²) in [7, 11) is -3.23. The molecular formula is C29H31N5O2S. The standard InChI is InChI=1S/C29H31N5O2S/c1-37(35,36)23-9-7-22(8-10-23)32-28-17-20(12-14-31-28)19-6-11-27-25(16-19)29(34-15-13-21(30)18-34)24-4-2-3-5-26(24)33-27/h6-12,14,16-17,21H,2-5,13,15,18,30H2,1H3,(H,31,32)/t21-/m0/s1. The molecule has 1 atom stereocenters. The van der Waals surface area contributed by atoms with E-state index in [2.05, 4.69) is 33.4 Å². The van der Waals surface area contributed by atoms with Gasteiger partial charge in [0.2, 0.25) is 0 Å². The number of sulfone groups is 1. The summed E-state index contributed by atoms with van der Waals surface area (Å²) in [6.07, 6.45) is 8.54.